The van der Waals surface area contributed by atoms with Crippen LogP contribution in [0, 0.1) is 0 Å². The van der Waals surface area contributed by atoms with Crippen LogP contribution in [0.4, 0.5) is 0 Å². The van der Waals surface area contributed by atoms with Crippen LogP contribution >= 0.6 is 0 Å². The monoisotopic (exact) mass is 176 g/mol. The van der Waals surface area contributed by atoms with Crippen LogP contribution in [0.15, 0.2) is 30.9 Å². The molecule has 2 heterocycles. The summed E-state index contributed by atoms with van der Waals surface area (Å²) in [5.41, 5.74) is 0.829. The van der Waals surface area contributed by atoms with Crippen molar-refractivity contribution in [1.29, 1.82) is 0 Å². The molecule has 0 aliphatic heterocycles. The summed E-state index contributed by atoms with van der Waals surface area (Å²) in [4.78, 5) is 3.94. The van der Waals surface area contributed by atoms with Crippen LogP contribution in [-0.4, -0.2) is 27.1 Å². The van der Waals surface area contributed by atoms with Crippen molar-refractivity contribution in [2.24, 2.45) is 0 Å². The van der Waals surface area contributed by atoms with Crippen LogP contribution in [0.25, 0.3) is 5.69 Å². The lowest BCUT2D eigenvalue weighted by atomic mass is 10.4. The number of rotatable bonds is 2. The Labute approximate surface area is 75.0 Å². The van der Waals surface area contributed by atoms with Crippen molar-refractivity contribution in [2.75, 3.05) is 7.11 Å². The Kier molecular flexibility index (Phi) is 1.91. The van der Waals surface area contributed by atoms with Gasteiger partial charge in [-0.2, -0.15) is 0 Å². The fourth-order valence-corrected chi connectivity index (χ4v) is 1.06. The second kappa shape index (κ2) is 3.22. The van der Waals surface area contributed by atoms with Gasteiger partial charge in [-0.25, -0.2) is 4.68 Å². The topological polar surface area (TPSA) is 52.8 Å². The van der Waals surface area contributed by atoms with Crippen molar-refractivity contribution < 1.29 is 4.74 Å². The molecule has 0 unspecified atom stereocenters. The smallest absolute Gasteiger partial charge is 0.162 e. The van der Waals surface area contributed by atoms with E-state index in [0.29, 0.717) is 5.75 Å². The molecule has 0 bridgehead atoms. The molecule has 2 rings (SSSR count). The van der Waals surface area contributed by atoms with Crippen LogP contribution in [0.5, 0.6) is 5.75 Å². The molecule has 0 amide bonds. The van der Waals surface area contributed by atoms with E-state index in [-0.39, 0.29) is 0 Å². The Morgan fingerprint density at radius 3 is 3.00 bits per heavy atom. The summed E-state index contributed by atoms with van der Waals surface area (Å²) in [5.74, 6) is 0.674. The molecule has 0 aromatic carbocycles. The Morgan fingerprint density at radius 1 is 1.38 bits per heavy atom. The maximum Gasteiger partial charge on any atom is 0.162 e. The van der Waals surface area contributed by atoms with Gasteiger partial charge in [-0.1, -0.05) is 5.21 Å². The number of hydrogen-bond acceptors (Lipinski definition) is 4. The van der Waals surface area contributed by atoms with Gasteiger partial charge in [0.1, 0.15) is 5.69 Å². The zero-order chi connectivity index (χ0) is 9.10. The average Bonchev–Trinajstić information content (AvgIpc) is 2.70. The maximum atomic E-state index is 5.12. The van der Waals surface area contributed by atoms with E-state index in [9.17, 15) is 0 Å². The lowest BCUT2D eigenvalue weighted by Crippen LogP contribution is -1.99. The molecule has 0 fully saturated rings. The second-order valence-electron chi connectivity index (χ2n) is 2.40. The molecule has 5 nitrogen and oxygen atoms in total. The molecule has 0 atom stereocenters. The van der Waals surface area contributed by atoms with Gasteiger partial charge in [0.25, 0.3) is 0 Å². The molecule has 0 aliphatic rings. The Balaban J connectivity index is 2.51. The molecule has 2 aromatic heterocycles. The third-order valence-electron chi connectivity index (χ3n) is 1.65. The summed E-state index contributed by atoms with van der Waals surface area (Å²) in [6.07, 6.45) is 6.67. The van der Waals surface area contributed by atoms with Gasteiger partial charge >= 0.3 is 0 Å². The Hall–Kier alpha value is -1.91. The van der Waals surface area contributed by atoms with Crippen LogP contribution in [0.3, 0.4) is 0 Å². The van der Waals surface area contributed by atoms with Gasteiger partial charge in [-0.3, -0.25) is 4.98 Å². The van der Waals surface area contributed by atoms with Gasteiger partial charge in [0.05, 0.1) is 25.7 Å². The predicted molar refractivity (Wildman–Crippen MR) is 45.7 cm³/mol. The highest BCUT2D eigenvalue weighted by molar-refractivity contribution is 5.42. The first-order chi connectivity index (χ1) is 6.42. The number of methoxy groups -OCH3 is 1. The van der Waals surface area contributed by atoms with Crippen molar-refractivity contribution in [3.8, 4) is 11.4 Å². The molecule has 5 heteroatoms. The molecule has 0 aliphatic carbocycles. The largest absolute Gasteiger partial charge is 0.493 e. The number of nitrogens with zero attached hydrogens (tertiary/aromatic N) is 4. The van der Waals surface area contributed by atoms with Crippen LogP contribution in [0.1, 0.15) is 0 Å². The highest BCUT2D eigenvalue weighted by atomic mass is 16.5. The zero-order valence-electron chi connectivity index (χ0n) is 7.08. The van der Waals surface area contributed by atoms with E-state index < -0.39 is 0 Å². The van der Waals surface area contributed by atoms with E-state index in [1.165, 1.54) is 0 Å². The van der Waals surface area contributed by atoms with Crippen molar-refractivity contribution in [3.63, 3.8) is 0 Å². The molecule has 0 saturated heterocycles. The Morgan fingerprint density at radius 2 is 2.31 bits per heavy atom. The number of pyridine rings is 1. The van der Waals surface area contributed by atoms with Crippen molar-refractivity contribution in [1.82, 2.24) is 20.0 Å². The molecule has 13 heavy (non-hydrogen) atoms. The number of ether oxygens (including phenoxy) is 1. The minimum atomic E-state index is 0.674. The Bertz CT molecular complexity index is 385. The maximum absolute atomic E-state index is 5.12. The highest BCUT2D eigenvalue weighted by Crippen LogP contribution is 2.18. The lowest BCUT2D eigenvalue weighted by Gasteiger charge is -2.05. The average molecular weight is 176 g/mol. The normalized spacial score (nSPS) is 9.92. The molecule has 2 aromatic rings. The number of hydrogen-bond donors (Lipinski definition) is 0. The van der Waals surface area contributed by atoms with Crippen LogP contribution < -0.4 is 4.74 Å². The second-order valence-corrected chi connectivity index (χ2v) is 2.40. The van der Waals surface area contributed by atoms with Gasteiger partial charge in [0.2, 0.25) is 0 Å². The fraction of sp³-hybridized carbons (Fsp3) is 0.125. The van der Waals surface area contributed by atoms with Gasteiger partial charge in [-0.15, -0.1) is 5.10 Å². The molecule has 0 radical (unpaired) electrons. The number of aromatic nitrogens is 4. The summed E-state index contributed by atoms with van der Waals surface area (Å²) >= 11 is 0. The summed E-state index contributed by atoms with van der Waals surface area (Å²) in [5, 5.41) is 7.56. The minimum absolute atomic E-state index is 0.674. The molecule has 0 N–H and O–H groups in total. The zero-order valence-corrected chi connectivity index (χ0v) is 7.08. The molecular formula is C8H8N4O. The van der Waals surface area contributed by atoms with Crippen LogP contribution in [0.2, 0.25) is 0 Å². The first-order valence-electron chi connectivity index (χ1n) is 3.76. The summed E-state index contributed by atoms with van der Waals surface area (Å²) in [6, 6.07) is 1.81. The van der Waals surface area contributed by atoms with Gasteiger partial charge in [0, 0.05) is 6.20 Å². The quantitative estimate of drug-likeness (QED) is 0.674. The van der Waals surface area contributed by atoms with E-state index in [1.807, 2.05) is 6.07 Å². The van der Waals surface area contributed by atoms with Crippen molar-refractivity contribution >= 4 is 0 Å². The molecular weight excluding hydrogens is 168 g/mol. The third kappa shape index (κ3) is 1.35. The third-order valence-corrected chi connectivity index (χ3v) is 1.65. The summed E-state index contributed by atoms with van der Waals surface area (Å²) in [6.45, 7) is 0. The van der Waals surface area contributed by atoms with Crippen molar-refractivity contribution in [3.05, 3.63) is 30.9 Å². The van der Waals surface area contributed by atoms with E-state index >= 15 is 0 Å². The van der Waals surface area contributed by atoms with E-state index in [1.54, 1.807) is 36.6 Å². The van der Waals surface area contributed by atoms with Gasteiger partial charge < -0.3 is 4.74 Å². The summed E-state index contributed by atoms with van der Waals surface area (Å²) < 4.78 is 6.74. The van der Waals surface area contributed by atoms with E-state index in [4.69, 9.17) is 4.74 Å². The summed E-state index contributed by atoms with van der Waals surface area (Å²) in [7, 11) is 1.59. The molecule has 0 saturated carbocycles. The first kappa shape index (κ1) is 7.72. The molecule has 0 spiro atoms. The predicted octanol–water partition coefficient (Wildman–Crippen LogP) is 0.671. The minimum Gasteiger partial charge on any atom is -0.493 e. The van der Waals surface area contributed by atoms with Gasteiger partial charge in [0.15, 0.2) is 5.75 Å². The standard InChI is InChI=1S/C8H8N4O/c1-13-8-6-9-3-2-7(8)12-5-4-10-11-12/h2-6H,1H3. The first-order valence-corrected chi connectivity index (χ1v) is 3.76. The van der Waals surface area contributed by atoms with Crippen molar-refractivity contribution in [2.45, 2.75) is 0 Å². The molecule has 66 valence electrons. The lowest BCUT2D eigenvalue weighted by molar-refractivity contribution is 0.409. The highest BCUT2D eigenvalue weighted by Gasteiger charge is 2.03. The van der Waals surface area contributed by atoms with Gasteiger partial charge in [-0.05, 0) is 6.07 Å². The van der Waals surface area contributed by atoms with Crippen LogP contribution in [-0.2, 0) is 0 Å². The van der Waals surface area contributed by atoms with E-state index in [0.717, 1.165) is 5.69 Å². The van der Waals surface area contributed by atoms with E-state index in [2.05, 4.69) is 15.3 Å². The fourth-order valence-electron chi connectivity index (χ4n) is 1.06. The SMILES string of the molecule is COc1cnccc1-n1ccnn1.